The average molecular weight is 204 g/mol. The third-order valence-corrected chi connectivity index (χ3v) is 3.32. The zero-order valence-corrected chi connectivity index (χ0v) is 9.83. The molecule has 0 amide bonds. The molecule has 82 valence electrons. The fourth-order valence-corrected chi connectivity index (χ4v) is 2.60. The van der Waals surface area contributed by atoms with Crippen LogP contribution in [0.2, 0.25) is 0 Å². The maximum absolute atomic E-state index is 6.02. The van der Waals surface area contributed by atoms with Crippen LogP contribution in [0, 0.1) is 0 Å². The number of benzene rings is 1. The van der Waals surface area contributed by atoms with Gasteiger partial charge in [-0.3, -0.25) is 0 Å². The van der Waals surface area contributed by atoms with Gasteiger partial charge in [-0.2, -0.15) is 0 Å². The number of fused-ring (bicyclic) bond motifs is 1. The number of anilines is 1. The molecule has 2 nitrogen and oxygen atoms in total. The summed E-state index contributed by atoms with van der Waals surface area (Å²) in [6, 6.07) is 6.64. The molecule has 0 radical (unpaired) electrons. The largest absolute Gasteiger partial charge is 0.371 e. The van der Waals surface area contributed by atoms with E-state index >= 15 is 0 Å². The van der Waals surface area contributed by atoms with Gasteiger partial charge in [0.2, 0.25) is 0 Å². The van der Waals surface area contributed by atoms with Crippen molar-refractivity contribution in [2.45, 2.75) is 32.7 Å². The van der Waals surface area contributed by atoms with E-state index in [4.69, 9.17) is 5.73 Å². The first-order valence-corrected chi connectivity index (χ1v) is 5.78. The van der Waals surface area contributed by atoms with Gasteiger partial charge in [0, 0.05) is 30.7 Å². The van der Waals surface area contributed by atoms with Crippen LogP contribution in [0.15, 0.2) is 18.2 Å². The first-order chi connectivity index (χ1) is 7.15. The first-order valence-electron chi connectivity index (χ1n) is 5.78. The zero-order valence-electron chi connectivity index (χ0n) is 9.83. The highest BCUT2D eigenvalue weighted by Gasteiger charge is 2.27. The van der Waals surface area contributed by atoms with Gasteiger partial charge < -0.3 is 10.6 Å². The SMILES string of the molecule is CCN1CC(C)c2c(C(C)N)cccc21. The van der Waals surface area contributed by atoms with E-state index in [1.54, 1.807) is 0 Å². The molecule has 1 aliphatic rings. The maximum atomic E-state index is 6.02. The number of hydrogen-bond donors (Lipinski definition) is 1. The van der Waals surface area contributed by atoms with Gasteiger partial charge in [-0.15, -0.1) is 0 Å². The third kappa shape index (κ3) is 1.63. The molecular weight excluding hydrogens is 184 g/mol. The minimum atomic E-state index is 0.138. The fourth-order valence-electron chi connectivity index (χ4n) is 2.60. The van der Waals surface area contributed by atoms with Crippen molar-refractivity contribution in [1.29, 1.82) is 0 Å². The Bertz CT molecular complexity index is 358. The number of nitrogens with zero attached hydrogens (tertiary/aromatic N) is 1. The minimum Gasteiger partial charge on any atom is -0.371 e. The smallest absolute Gasteiger partial charge is 0.0405 e. The van der Waals surface area contributed by atoms with Gasteiger partial charge in [0.05, 0.1) is 0 Å². The summed E-state index contributed by atoms with van der Waals surface area (Å²) in [5, 5.41) is 0. The molecular formula is C13H20N2. The van der Waals surface area contributed by atoms with E-state index in [2.05, 4.69) is 43.9 Å². The lowest BCUT2D eigenvalue weighted by atomic mass is 9.94. The second-order valence-corrected chi connectivity index (χ2v) is 4.51. The molecule has 0 aliphatic carbocycles. The molecule has 2 atom stereocenters. The Morgan fingerprint density at radius 2 is 2.27 bits per heavy atom. The molecule has 2 N–H and O–H groups in total. The molecule has 2 rings (SSSR count). The summed E-state index contributed by atoms with van der Waals surface area (Å²) in [5.74, 6) is 0.613. The van der Waals surface area contributed by atoms with E-state index in [0.29, 0.717) is 5.92 Å². The van der Waals surface area contributed by atoms with Crippen molar-refractivity contribution in [1.82, 2.24) is 0 Å². The molecule has 0 fully saturated rings. The maximum Gasteiger partial charge on any atom is 0.0405 e. The number of nitrogens with two attached hydrogens (primary N) is 1. The number of likely N-dealkylation sites (N-methyl/N-ethyl adjacent to an activating group) is 1. The molecule has 1 aromatic rings. The molecule has 0 aromatic heterocycles. The van der Waals surface area contributed by atoms with Crippen molar-refractivity contribution < 1.29 is 0 Å². The number of rotatable bonds is 2. The van der Waals surface area contributed by atoms with Gasteiger partial charge in [-0.25, -0.2) is 0 Å². The first kappa shape index (κ1) is 10.5. The molecule has 0 spiro atoms. The van der Waals surface area contributed by atoms with Crippen LogP contribution in [-0.2, 0) is 0 Å². The molecule has 1 heterocycles. The van der Waals surface area contributed by atoms with E-state index in [1.807, 2.05) is 0 Å². The molecule has 1 aromatic carbocycles. The zero-order chi connectivity index (χ0) is 11.0. The van der Waals surface area contributed by atoms with Gasteiger partial charge in [0.15, 0.2) is 0 Å². The molecule has 15 heavy (non-hydrogen) atoms. The quantitative estimate of drug-likeness (QED) is 0.802. The van der Waals surface area contributed by atoms with Crippen molar-refractivity contribution in [2.75, 3.05) is 18.0 Å². The predicted octanol–water partition coefficient (Wildman–Crippen LogP) is 2.65. The summed E-state index contributed by atoms with van der Waals surface area (Å²) in [6.07, 6.45) is 0. The van der Waals surface area contributed by atoms with Gasteiger partial charge >= 0.3 is 0 Å². The Hall–Kier alpha value is -1.02. The van der Waals surface area contributed by atoms with Crippen LogP contribution >= 0.6 is 0 Å². The van der Waals surface area contributed by atoms with Crippen LogP contribution in [0.25, 0.3) is 0 Å². The van der Waals surface area contributed by atoms with Crippen LogP contribution in [0.5, 0.6) is 0 Å². The Kier molecular flexibility index (Phi) is 2.70. The molecule has 2 heteroatoms. The van der Waals surface area contributed by atoms with Crippen LogP contribution < -0.4 is 10.6 Å². The molecule has 0 saturated carbocycles. The van der Waals surface area contributed by atoms with Gasteiger partial charge in [-0.1, -0.05) is 19.1 Å². The van der Waals surface area contributed by atoms with E-state index in [0.717, 1.165) is 13.1 Å². The Morgan fingerprint density at radius 3 is 2.87 bits per heavy atom. The van der Waals surface area contributed by atoms with Crippen molar-refractivity contribution in [2.24, 2.45) is 5.73 Å². The van der Waals surface area contributed by atoms with E-state index in [9.17, 15) is 0 Å². The Labute approximate surface area is 92.1 Å². The monoisotopic (exact) mass is 204 g/mol. The highest BCUT2D eigenvalue weighted by atomic mass is 15.1. The summed E-state index contributed by atoms with van der Waals surface area (Å²) in [6.45, 7) is 8.78. The highest BCUT2D eigenvalue weighted by molar-refractivity contribution is 5.63. The fraction of sp³-hybridized carbons (Fsp3) is 0.538. The third-order valence-electron chi connectivity index (χ3n) is 3.32. The Balaban J connectivity index is 2.51. The van der Waals surface area contributed by atoms with Crippen molar-refractivity contribution in [3.8, 4) is 0 Å². The highest BCUT2D eigenvalue weighted by Crippen LogP contribution is 2.39. The van der Waals surface area contributed by atoms with Crippen LogP contribution in [0.1, 0.15) is 43.9 Å². The van der Waals surface area contributed by atoms with Crippen LogP contribution in [0.3, 0.4) is 0 Å². The van der Waals surface area contributed by atoms with Gasteiger partial charge in [-0.05, 0) is 31.0 Å². The lowest BCUT2D eigenvalue weighted by Gasteiger charge is -2.17. The van der Waals surface area contributed by atoms with E-state index in [-0.39, 0.29) is 6.04 Å². The van der Waals surface area contributed by atoms with E-state index < -0.39 is 0 Å². The average Bonchev–Trinajstić information content (AvgIpc) is 2.55. The molecule has 2 unspecified atom stereocenters. The van der Waals surface area contributed by atoms with Gasteiger partial charge in [0.1, 0.15) is 0 Å². The second-order valence-electron chi connectivity index (χ2n) is 4.51. The van der Waals surface area contributed by atoms with Gasteiger partial charge in [0.25, 0.3) is 0 Å². The predicted molar refractivity (Wildman–Crippen MR) is 65.3 cm³/mol. The van der Waals surface area contributed by atoms with Crippen LogP contribution in [0.4, 0.5) is 5.69 Å². The molecule has 0 bridgehead atoms. The lowest BCUT2D eigenvalue weighted by molar-refractivity contribution is 0.738. The van der Waals surface area contributed by atoms with Crippen molar-refractivity contribution in [3.63, 3.8) is 0 Å². The standard InChI is InChI=1S/C13H20N2/c1-4-15-8-9(2)13-11(10(3)14)6-5-7-12(13)15/h5-7,9-10H,4,8,14H2,1-3H3. The summed E-state index contributed by atoms with van der Waals surface area (Å²) in [4.78, 5) is 2.44. The topological polar surface area (TPSA) is 29.3 Å². The molecule has 0 saturated heterocycles. The second kappa shape index (κ2) is 3.86. The lowest BCUT2D eigenvalue weighted by Crippen LogP contribution is -2.20. The molecule has 1 aliphatic heterocycles. The summed E-state index contributed by atoms with van der Waals surface area (Å²) >= 11 is 0. The van der Waals surface area contributed by atoms with E-state index in [1.165, 1.54) is 16.8 Å². The summed E-state index contributed by atoms with van der Waals surface area (Å²) < 4.78 is 0. The number of hydrogen-bond acceptors (Lipinski definition) is 2. The summed E-state index contributed by atoms with van der Waals surface area (Å²) in [5.41, 5.74) is 10.2. The van der Waals surface area contributed by atoms with Crippen molar-refractivity contribution in [3.05, 3.63) is 29.3 Å². The van der Waals surface area contributed by atoms with Crippen LogP contribution in [-0.4, -0.2) is 13.1 Å². The minimum absolute atomic E-state index is 0.138. The summed E-state index contributed by atoms with van der Waals surface area (Å²) in [7, 11) is 0. The normalized spacial score (nSPS) is 21.6. The Morgan fingerprint density at radius 1 is 1.53 bits per heavy atom. The van der Waals surface area contributed by atoms with Crippen molar-refractivity contribution >= 4 is 5.69 Å².